The number of allylic oxidation sites excluding steroid dienone is 2. The molecule has 0 saturated heterocycles. The van der Waals surface area contributed by atoms with E-state index in [1.807, 2.05) is 42.7 Å². The van der Waals surface area contributed by atoms with Gasteiger partial charge in [-0.1, -0.05) is 74.7 Å². The van der Waals surface area contributed by atoms with E-state index in [1.165, 1.54) is 60.8 Å². The van der Waals surface area contributed by atoms with Gasteiger partial charge >= 0.3 is 5.97 Å². The molecule has 0 spiro atoms. The van der Waals surface area contributed by atoms with Crippen molar-refractivity contribution in [2.45, 2.75) is 71.8 Å². The van der Waals surface area contributed by atoms with E-state index in [1.54, 1.807) is 24.3 Å². The Morgan fingerprint density at radius 3 is 2.11 bits per heavy atom. The quantitative estimate of drug-likeness (QED) is 0.251. The van der Waals surface area contributed by atoms with Crippen LogP contribution in [0.1, 0.15) is 76.3 Å². The molecule has 8 nitrogen and oxygen atoms in total. The monoisotopic (exact) mass is 608 g/mol. The molecule has 236 valence electrons. The molecule has 3 aromatic rings. The average Bonchev–Trinajstić information content (AvgIpc) is 3.07. The first kappa shape index (κ1) is 32.1. The number of carboxylic acids is 1. The fraction of sp³-hybridized carbons (Fsp3) is 0.432. The Bertz CT molecular complexity index is 1480. The van der Waals surface area contributed by atoms with Gasteiger partial charge in [0.05, 0.1) is 0 Å². The lowest BCUT2D eigenvalue weighted by Gasteiger charge is -2.35. The number of amides is 2. The second-order valence-electron chi connectivity index (χ2n) is 12.5. The van der Waals surface area contributed by atoms with Gasteiger partial charge in [0, 0.05) is 42.7 Å². The first-order valence-corrected chi connectivity index (χ1v) is 16.2. The van der Waals surface area contributed by atoms with E-state index < -0.39 is 18.4 Å². The number of rotatable bonds is 11. The molecular weight excluding hydrogens is 564 g/mol. The van der Waals surface area contributed by atoms with Crippen molar-refractivity contribution in [2.75, 3.05) is 18.0 Å². The summed E-state index contributed by atoms with van der Waals surface area (Å²) in [5.74, 6) is 1.38. The maximum Gasteiger partial charge on any atom is 0.323 e. The Balaban J connectivity index is 1.19. The Kier molecular flexibility index (Phi) is 10.8. The summed E-state index contributed by atoms with van der Waals surface area (Å²) in [4.78, 5) is 49.0. The maximum absolute atomic E-state index is 13.2. The summed E-state index contributed by atoms with van der Waals surface area (Å²) in [5.41, 5.74) is 4.62. The number of carboxylic acid groups (broad SMARTS) is 1. The van der Waals surface area contributed by atoms with E-state index in [-0.39, 0.29) is 19.0 Å². The average molecular weight is 609 g/mol. The molecular formula is C37H44N4O4. The van der Waals surface area contributed by atoms with Gasteiger partial charge in [0.1, 0.15) is 13.1 Å². The van der Waals surface area contributed by atoms with Crippen LogP contribution in [0.25, 0.3) is 17.0 Å². The Hall–Kier alpha value is -4.33. The van der Waals surface area contributed by atoms with Crippen molar-refractivity contribution in [3.05, 3.63) is 84.2 Å². The minimum absolute atomic E-state index is 0.0981. The standard InChI is InChI=1S/C37H44N4O4/c1-3-27-9-13-29(14-10-27)30-17-19-31(20-18-30)33-21-38-37(39-22-33)32-15-11-28(12-16-32)23-40(25-36(44)45)35(43)24-41(26(2)42)34-7-5-4-6-8-34/h4-8,11-12,15-16,19,21-22,27,29-30H,3,9-10,13-14,17-18,20,23-25H2,1-2H3,(H,44,45). The molecule has 1 heterocycles. The van der Waals surface area contributed by atoms with Crippen LogP contribution in [-0.2, 0) is 20.9 Å². The van der Waals surface area contributed by atoms with E-state index >= 15 is 0 Å². The van der Waals surface area contributed by atoms with Crippen LogP contribution in [0.2, 0.25) is 0 Å². The number of para-hydroxylation sites is 1. The highest BCUT2D eigenvalue weighted by atomic mass is 16.4. The number of carbonyl (C=O) groups excluding carboxylic acids is 2. The predicted molar refractivity (Wildman–Crippen MR) is 176 cm³/mol. The third kappa shape index (κ3) is 8.44. The first-order chi connectivity index (χ1) is 21.8. The summed E-state index contributed by atoms with van der Waals surface area (Å²) in [6.07, 6.45) is 16.6. The van der Waals surface area contributed by atoms with Gasteiger partial charge in [-0.2, -0.15) is 0 Å². The number of benzene rings is 2. The van der Waals surface area contributed by atoms with Gasteiger partial charge in [0.2, 0.25) is 11.8 Å². The molecule has 0 bridgehead atoms. The Morgan fingerprint density at radius 2 is 1.53 bits per heavy atom. The van der Waals surface area contributed by atoms with E-state index in [4.69, 9.17) is 0 Å². The highest BCUT2D eigenvalue weighted by molar-refractivity contribution is 5.97. The molecule has 2 aliphatic carbocycles. The molecule has 5 rings (SSSR count). The Labute approximate surface area is 266 Å². The molecule has 1 unspecified atom stereocenters. The SMILES string of the molecule is CCC1CCC(C2CC=C(c3cnc(-c4ccc(CN(CC(=O)O)C(=O)CN(C(C)=O)c5ccccc5)cc4)nc3)CC2)CC1. The Morgan fingerprint density at radius 1 is 0.844 bits per heavy atom. The van der Waals surface area contributed by atoms with E-state index in [2.05, 4.69) is 23.0 Å². The van der Waals surface area contributed by atoms with Gasteiger partial charge in [-0.25, -0.2) is 9.97 Å². The molecule has 1 atom stereocenters. The third-order valence-corrected chi connectivity index (χ3v) is 9.62. The minimum atomic E-state index is -1.12. The van der Waals surface area contributed by atoms with Crippen molar-refractivity contribution in [1.29, 1.82) is 0 Å². The molecule has 45 heavy (non-hydrogen) atoms. The van der Waals surface area contributed by atoms with Crippen molar-refractivity contribution in [1.82, 2.24) is 14.9 Å². The van der Waals surface area contributed by atoms with Crippen molar-refractivity contribution < 1.29 is 19.5 Å². The largest absolute Gasteiger partial charge is 0.480 e. The number of anilines is 1. The molecule has 1 saturated carbocycles. The summed E-state index contributed by atoms with van der Waals surface area (Å²) < 4.78 is 0. The van der Waals surface area contributed by atoms with Crippen LogP contribution in [0.15, 0.2) is 73.1 Å². The zero-order valence-electron chi connectivity index (χ0n) is 26.4. The van der Waals surface area contributed by atoms with Crippen LogP contribution in [0.5, 0.6) is 0 Å². The normalized spacial score (nSPS) is 19.8. The summed E-state index contributed by atoms with van der Waals surface area (Å²) in [6.45, 7) is 3.09. The van der Waals surface area contributed by atoms with Gasteiger partial charge in [-0.3, -0.25) is 14.4 Å². The summed E-state index contributed by atoms with van der Waals surface area (Å²) in [6, 6.07) is 16.3. The highest BCUT2D eigenvalue weighted by Gasteiger charge is 2.28. The van der Waals surface area contributed by atoms with Crippen LogP contribution in [-0.4, -0.2) is 50.8 Å². The van der Waals surface area contributed by atoms with Crippen molar-refractivity contribution >= 4 is 29.0 Å². The number of aromatic nitrogens is 2. The minimum Gasteiger partial charge on any atom is -0.480 e. The van der Waals surface area contributed by atoms with Crippen molar-refractivity contribution in [3.63, 3.8) is 0 Å². The topological polar surface area (TPSA) is 104 Å². The van der Waals surface area contributed by atoms with Crippen LogP contribution in [0.4, 0.5) is 5.69 Å². The van der Waals surface area contributed by atoms with Crippen LogP contribution >= 0.6 is 0 Å². The molecule has 2 aliphatic rings. The second kappa shape index (κ2) is 15.1. The van der Waals surface area contributed by atoms with Gasteiger partial charge in [0.15, 0.2) is 5.82 Å². The summed E-state index contributed by atoms with van der Waals surface area (Å²) in [7, 11) is 0. The highest BCUT2D eigenvalue weighted by Crippen LogP contribution is 2.41. The fourth-order valence-corrected chi connectivity index (χ4v) is 6.86. The summed E-state index contributed by atoms with van der Waals surface area (Å²) >= 11 is 0. The van der Waals surface area contributed by atoms with E-state index in [0.29, 0.717) is 11.5 Å². The molecule has 8 heteroatoms. The van der Waals surface area contributed by atoms with Gasteiger partial charge < -0.3 is 14.9 Å². The molecule has 2 aromatic carbocycles. The van der Waals surface area contributed by atoms with Crippen molar-refractivity contribution in [3.8, 4) is 11.4 Å². The molecule has 2 amide bonds. The van der Waals surface area contributed by atoms with E-state index in [9.17, 15) is 19.5 Å². The smallest absolute Gasteiger partial charge is 0.323 e. The predicted octanol–water partition coefficient (Wildman–Crippen LogP) is 7.01. The zero-order chi connectivity index (χ0) is 31.8. The van der Waals surface area contributed by atoms with Gasteiger partial charge in [-0.15, -0.1) is 0 Å². The van der Waals surface area contributed by atoms with Crippen LogP contribution < -0.4 is 4.90 Å². The lowest BCUT2D eigenvalue weighted by molar-refractivity contribution is -0.144. The van der Waals surface area contributed by atoms with Crippen molar-refractivity contribution in [2.24, 2.45) is 17.8 Å². The van der Waals surface area contributed by atoms with Gasteiger partial charge in [0.25, 0.3) is 0 Å². The zero-order valence-corrected chi connectivity index (χ0v) is 26.4. The molecule has 1 aromatic heterocycles. The van der Waals surface area contributed by atoms with E-state index in [0.717, 1.165) is 47.3 Å². The molecule has 1 N–H and O–H groups in total. The number of hydrogen-bond acceptors (Lipinski definition) is 5. The number of carbonyl (C=O) groups is 3. The second-order valence-corrected chi connectivity index (χ2v) is 12.5. The third-order valence-electron chi connectivity index (χ3n) is 9.62. The molecule has 0 aliphatic heterocycles. The number of nitrogens with zero attached hydrogens (tertiary/aromatic N) is 4. The molecule has 1 fully saturated rings. The van der Waals surface area contributed by atoms with Crippen LogP contribution in [0.3, 0.4) is 0 Å². The lowest BCUT2D eigenvalue weighted by Crippen LogP contribution is -2.44. The summed E-state index contributed by atoms with van der Waals surface area (Å²) in [5, 5.41) is 9.48. The number of hydrogen-bond donors (Lipinski definition) is 1. The lowest BCUT2D eigenvalue weighted by atomic mass is 9.71. The number of aliphatic carboxylic acids is 1. The maximum atomic E-state index is 13.2. The van der Waals surface area contributed by atoms with Gasteiger partial charge in [-0.05, 0) is 73.1 Å². The van der Waals surface area contributed by atoms with Crippen LogP contribution in [0, 0.1) is 17.8 Å². The molecule has 0 radical (unpaired) electrons. The fourth-order valence-electron chi connectivity index (χ4n) is 6.86. The first-order valence-electron chi connectivity index (χ1n) is 16.2.